The fourth-order valence-corrected chi connectivity index (χ4v) is 2.61. The number of morpholine rings is 1. The van der Waals surface area contributed by atoms with Gasteiger partial charge in [0.25, 0.3) is 5.69 Å². The zero-order valence-electron chi connectivity index (χ0n) is 10.6. The number of amidine groups is 1. The Bertz CT molecular complexity index is 593. The van der Waals surface area contributed by atoms with Gasteiger partial charge in [0.1, 0.15) is 13.1 Å². The maximum absolute atomic E-state index is 10.6. The summed E-state index contributed by atoms with van der Waals surface area (Å²) in [4.78, 5) is 10.2. The van der Waals surface area contributed by atoms with Gasteiger partial charge in [0.05, 0.1) is 18.1 Å². The van der Waals surface area contributed by atoms with Crippen LogP contribution in [0.3, 0.4) is 0 Å². The Morgan fingerprint density at radius 3 is 2.55 bits per heavy atom. The van der Waals surface area contributed by atoms with Crippen LogP contribution in [0.15, 0.2) is 29.4 Å². The molecule has 0 radical (unpaired) electrons. The molecule has 1 spiro atoms. The first-order chi connectivity index (χ1) is 9.61. The molecule has 1 saturated heterocycles. The minimum absolute atomic E-state index is 0.0604. The van der Waals surface area contributed by atoms with Crippen molar-refractivity contribution in [3.8, 4) is 0 Å². The lowest BCUT2D eigenvalue weighted by molar-refractivity contribution is -0.853. The van der Waals surface area contributed by atoms with Crippen LogP contribution in [0.4, 0.5) is 5.69 Å². The summed E-state index contributed by atoms with van der Waals surface area (Å²) < 4.78 is 5.70. The molecule has 7 nitrogen and oxygen atoms in total. The highest BCUT2D eigenvalue weighted by Crippen LogP contribution is 2.21. The van der Waals surface area contributed by atoms with Crippen molar-refractivity contribution >= 4 is 28.9 Å². The molecule has 1 aromatic carbocycles. The van der Waals surface area contributed by atoms with E-state index in [-0.39, 0.29) is 5.69 Å². The average Bonchev–Trinajstić information content (AvgIpc) is 2.77. The minimum atomic E-state index is -0.422. The zero-order valence-corrected chi connectivity index (χ0v) is 11.4. The molecule has 104 valence electrons. The van der Waals surface area contributed by atoms with Gasteiger partial charge in [-0.05, 0) is 12.1 Å². The number of quaternary nitrogens is 1. The first-order valence-electron chi connectivity index (χ1n) is 6.22. The smallest absolute Gasteiger partial charge is 0.302 e. The highest BCUT2D eigenvalue weighted by Gasteiger charge is 2.42. The van der Waals surface area contributed by atoms with E-state index in [1.54, 1.807) is 12.1 Å². The van der Waals surface area contributed by atoms with Crippen LogP contribution in [0.5, 0.6) is 0 Å². The molecule has 1 aromatic rings. The summed E-state index contributed by atoms with van der Waals surface area (Å²) >= 11 is 5.38. The number of nitrogens with one attached hydrogen (secondary N) is 1. The van der Waals surface area contributed by atoms with E-state index in [4.69, 9.17) is 17.0 Å². The number of hydrogen-bond donors (Lipinski definition) is 1. The normalized spacial score (nSPS) is 20.6. The molecule has 0 atom stereocenters. The van der Waals surface area contributed by atoms with E-state index in [2.05, 4.69) is 10.4 Å². The number of rotatable bonds is 2. The fraction of sp³-hybridized carbons (Fsp3) is 0.333. The monoisotopic (exact) mass is 293 g/mol. The molecule has 2 aliphatic rings. The maximum atomic E-state index is 10.6. The molecule has 0 unspecified atom stereocenters. The summed E-state index contributed by atoms with van der Waals surface area (Å²) in [6, 6.07) is 6.28. The zero-order chi connectivity index (χ0) is 14.2. The number of nitro groups is 1. The highest BCUT2D eigenvalue weighted by atomic mass is 32.1. The third-order valence-corrected chi connectivity index (χ3v) is 3.90. The summed E-state index contributed by atoms with van der Waals surface area (Å²) in [5.74, 6) is 0.659. The van der Waals surface area contributed by atoms with Gasteiger partial charge in [0.15, 0.2) is 5.84 Å². The number of ether oxygens (including phenoxy) is 1. The number of non-ortho nitro benzene ring substituents is 1. The number of nitrogens with zero attached hydrogens (tertiary/aromatic N) is 3. The molecule has 0 aliphatic carbocycles. The lowest BCUT2D eigenvalue weighted by atomic mass is 10.2. The van der Waals surface area contributed by atoms with Crippen molar-refractivity contribution in [2.45, 2.75) is 0 Å². The Morgan fingerprint density at radius 2 is 1.95 bits per heavy atom. The van der Waals surface area contributed by atoms with Crippen LogP contribution in [0.1, 0.15) is 5.56 Å². The van der Waals surface area contributed by atoms with Crippen molar-refractivity contribution in [3.63, 3.8) is 0 Å². The Labute approximate surface area is 120 Å². The molecule has 0 aromatic heterocycles. The standard InChI is InChI=1S/C12H12N4O3S/c17-15(18)10-3-1-9(2-4-10)11-13-12(20)16(14-11)5-7-19-8-6-16/h1-4H,5-8H2/p+1. The summed E-state index contributed by atoms with van der Waals surface area (Å²) in [6.07, 6.45) is 0. The van der Waals surface area contributed by atoms with Crippen LogP contribution in [-0.2, 0) is 4.74 Å². The second kappa shape index (κ2) is 4.89. The first kappa shape index (κ1) is 13.1. The molecule has 1 fully saturated rings. The minimum Gasteiger partial charge on any atom is -0.370 e. The topological polar surface area (TPSA) is 76.8 Å². The SMILES string of the molecule is O=[N+]([O-])c1ccc(C2=N[N+]3(CCOCC3)C(=S)N2)cc1. The van der Waals surface area contributed by atoms with Crippen molar-refractivity contribution in [3.05, 3.63) is 39.9 Å². The van der Waals surface area contributed by atoms with E-state index < -0.39 is 4.92 Å². The third-order valence-electron chi connectivity index (χ3n) is 3.46. The van der Waals surface area contributed by atoms with Gasteiger partial charge in [0, 0.05) is 29.9 Å². The van der Waals surface area contributed by atoms with E-state index in [9.17, 15) is 10.1 Å². The van der Waals surface area contributed by atoms with Crippen molar-refractivity contribution in [2.24, 2.45) is 5.10 Å². The Balaban J connectivity index is 1.89. The summed E-state index contributed by atoms with van der Waals surface area (Å²) in [7, 11) is 0. The summed E-state index contributed by atoms with van der Waals surface area (Å²) in [6.45, 7) is 2.67. The van der Waals surface area contributed by atoms with E-state index in [0.29, 0.717) is 41.8 Å². The van der Waals surface area contributed by atoms with Crippen LogP contribution in [0.2, 0.25) is 0 Å². The van der Waals surface area contributed by atoms with Gasteiger partial charge in [-0.15, -0.1) is 4.59 Å². The van der Waals surface area contributed by atoms with Crippen molar-refractivity contribution in [1.82, 2.24) is 5.32 Å². The second-order valence-corrected chi connectivity index (χ2v) is 5.05. The quantitative estimate of drug-likeness (QED) is 0.381. The highest BCUT2D eigenvalue weighted by molar-refractivity contribution is 7.80. The Morgan fingerprint density at radius 1 is 1.30 bits per heavy atom. The largest absolute Gasteiger partial charge is 0.370 e. The lowest BCUT2D eigenvalue weighted by Crippen LogP contribution is -2.54. The fourth-order valence-electron chi connectivity index (χ4n) is 2.29. The van der Waals surface area contributed by atoms with Crippen molar-refractivity contribution < 1.29 is 14.3 Å². The molecule has 2 heterocycles. The molecule has 2 aliphatic heterocycles. The van der Waals surface area contributed by atoms with Gasteiger partial charge < -0.3 is 4.74 Å². The predicted molar refractivity (Wildman–Crippen MR) is 76.2 cm³/mol. The van der Waals surface area contributed by atoms with Crippen molar-refractivity contribution in [1.29, 1.82) is 0 Å². The van der Waals surface area contributed by atoms with E-state index in [1.807, 2.05) is 0 Å². The van der Waals surface area contributed by atoms with Crippen LogP contribution in [-0.4, -0.2) is 46.8 Å². The maximum Gasteiger partial charge on any atom is 0.302 e. The van der Waals surface area contributed by atoms with Crippen LogP contribution >= 0.6 is 12.2 Å². The number of hydrogen-bond acceptors (Lipinski definition) is 5. The molecule has 1 N–H and O–H groups in total. The van der Waals surface area contributed by atoms with Crippen molar-refractivity contribution in [2.75, 3.05) is 26.3 Å². The van der Waals surface area contributed by atoms with E-state index in [1.165, 1.54) is 12.1 Å². The van der Waals surface area contributed by atoms with Gasteiger partial charge in [-0.1, -0.05) is 5.10 Å². The van der Waals surface area contributed by atoms with Gasteiger partial charge in [0.2, 0.25) is 0 Å². The number of benzene rings is 1. The van der Waals surface area contributed by atoms with Gasteiger partial charge in [-0.2, -0.15) is 0 Å². The molecule has 0 amide bonds. The predicted octanol–water partition coefficient (Wildman–Crippen LogP) is 0.992. The van der Waals surface area contributed by atoms with Crippen LogP contribution in [0.25, 0.3) is 0 Å². The molecule has 0 bridgehead atoms. The summed E-state index contributed by atoms with van der Waals surface area (Å²) in [5, 5.41) is 19.1. The van der Waals surface area contributed by atoms with E-state index >= 15 is 0 Å². The first-order valence-corrected chi connectivity index (χ1v) is 6.63. The molecule has 3 rings (SSSR count). The average molecular weight is 293 g/mol. The Hall–Kier alpha value is -1.90. The van der Waals surface area contributed by atoms with Gasteiger partial charge >= 0.3 is 5.11 Å². The lowest BCUT2D eigenvalue weighted by Gasteiger charge is -2.29. The second-order valence-electron chi connectivity index (χ2n) is 4.67. The molecule has 20 heavy (non-hydrogen) atoms. The molecular formula is C12H13N4O3S+. The number of thiocarbonyl (C=S) groups is 1. The number of nitro benzene ring substituents is 1. The molecule has 8 heteroatoms. The third kappa shape index (κ3) is 2.17. The molecule has 0 saturated carbocycles. The Kier molecular flexibility index (Phi) is 3.20. The molecular weight excluding hydrogens is 280 g/mol. The summed E-state index contributed by atoms with van der Waals surface area (Å²) in [5.41, 5.74) is 0.852. The van der Waals surface area contributed by atoms with Crippen LogP contribution in [0, 0.1) is 10.1 Å². The van der Waals surface area contributed by atoms with Crippen LogP contribution < -0.4 is 5.32 Å². The van der Waals surface area contributed by atoms with E-state index in [0.717, 1.165) is 5.56 Å². The van der Waals surface area contributed by atoms with Gasteiger partial charge in [-0.25, -0.2) is 0 Å². The van der Waals surface area contributed by atoms with Gasteiger partial charge in [-0.3, -0.25) is 15.4 Å².